The summed E-state index contributed by atoms with van der Waals surface area (Å²) in [6, 6.07) is 10.4. The number of nitrogens with two attached hydrogens (primary N) is 2. The molecule has 0 unspecified atom stereocenters. The monoisotopic (exact) mass is 342 g/mol. The molecule has 0 bridgehead atoms. The van der Waals surface area contributed by atoms with Gasteiger partial charge >= 0.3 is 6.03 Å². The number of fused-ring (bicyclic) bond motifs is 1. The summed E-state index contributed by atoms with van der Waals surface area (Å²) in [5.41, 5.74) is 14.9. The fraction of sp³-hybridized carbons (Fsp3) is 0.263. The average Bonchev–Trinajstić information content (AvgIpc) is 2.53. The molecule has 2 amide bonds. The van der Waals surface area contributed by atoms with E-state index in [9.17, 15) is 9.18 Å². The van der Waals surface area contributed by atoms with E-state index in [-0.39, 0.29) is 19.2 Å². The smallest absolute Gasteiger partial charge is 0.347 e. The molecule has 3 rings (SSSR count). The molecule has 5 nitrogen and oxygen atoms in total. The molecule has 1 heterocycles. The van der Waals surface area contributed by atoms with E-state index in [1.165, 1.54) is 6.07 Å². The van der Waals surface area contributed by atoms with Gasteiger partial charge in [-0.1, -0.05) is 37.8 Å². The first kappa shape index (κ1) is 18.4. The molecule has 0 aliphatic carbocycles. The summed E-state index contributed by atoms with van der Waals surface area (Å²) in [5.74, 6) is -0.528. The van der Waals surface area contributed by atoms with Crippen molar-refractivity contribution in [3.63, 3.8) is 0 Å². The number of hydrogen-bond donors (Lipinski definition) is 2. The van der Waals surface area contributed by atoms with Gasteiger partial charge in [-0.05, 0) is 41.7 Å². The number of carbonyl (C=O) groups is 1. The standard InChI is InChI=1S/C18H19FN4O.CH4/c1-11-4-2-7-15(19)16(11)13-6-3-5-12-8-9-23(10-14(12)13)18(24)22-17(20)21;/h2-7H,8-10H2,1H3,(H4,20,21,22,24);1H4. The first-order valence-electron chi connectivity index (χ1n) is 7.72. The van der Waals surface area contributed by atoms with Crippen LogP contribution in [0.1, 0.15) is 24.1 Å². The van der Waals surface area contributed by atoms with Crippen LogP contribution in [0, 0.1) is 12.7 Å². The molecule has 0 saturated heterocycles. The Morgan fingerprint density at radius 1 is 1.20 bits per heavy atom. The summed E-state index contributed by atoms with van der Waals surface area (Å²) in [6.45, 7) is 2.76. The zero-order valence-corrected chi connectivity index (χ0v) is 13.4. The van der Waals surface area contributed by atoms with Gasteiger partial charge in [0.25, 0.3) is 0 Å². The fourth-order valence-electron chi connectivity index (χ4n) is 3.13. The van der Waals surface area contributed by atoms with E-state index in [1.54, 1.807) is 11.0 Å². The first-order valence-corrected chi connectivity index (χ1v) is 7.72. The number of halogens is 1. The lowest BCUT2D eigenvalue weighted by atomic mass is 9.89. The van der Waals surface area contributed by atoms with Gasteiger partial charge in [-0.25, -0.2) is 9.18 Å². The lowest BCUT2D eigenvalue weighted by molar-refractivity contribution is 0.203. The lowest BCUT2D eigenvalue weighted by Crippen LogP contribution is -2.36. The van der Waals surface area contributed by atoms with Gasteiger partial charge in [-0.3, -0.25) is 0 Å². The van der Waals surface area contributed by atoms with E-state index < -0.39 is 6.03 Å². The van der Waals surface area contributed by atoms with Crippen molar-refractivity contribution in [2.45, 2.75) is 27.3 Å². The Kier molecular flexibility index (Phi) is 5.41. The maximum absolute atomic E-state index is 14.4. The normalized spacial score (nSPS) is 12.8. The highest BCUT2D eigenvalue weighted by Gasteiger charge is 2.24. The van der Waals surface area contributed by atoms with E-state index in [4.69, 9.17) is 11.5 Å². The minimum absolute atomic E-state index is 0. The van der Waals surface area contributed by atoms with Crippen LogP contribution >= 0.6 is 0 Å². The van der Waals surface area contributed by atoms with Gasteiger partial charge in [0.15, 0.2) is 5.96 Å². The molecular formula is C19H23FN4O. The number of guanidine groups is 1. The first-order chi connectivity index (χ1) is 11.5. The van der Waals surface area contributed by atoms with Crippen molar-refractivity contribution in [2.24, 2.45) is 16.5 Å². The second kappa shape index (κ2) is 7.34. The second-order valence-corrected chi connectivity index (χ2v) is 5.87. The predicted molar refractivity (Wildman–Crippen MR) is 98.6 cm³/mol. The average molecular weight is 342 g/mol. The quantitative estimate of drug-likeness (QED) is 0.616. The molecule has 0 radical (unpaired) electrons. The van der Waals surface area contributed by atoms with Gasteiger partial charge < -0.3 is 16.4 Å². The third-order valence-corrected chi connectivity index (χ3v) is 4.26. The van der Waals surface area contributed by atoms with E-state index >= 15 is 0 Å². The number of hydrogen-bond acceptors (Lipinski definition) is 1. The van der Waals surface area contributed by atoms with E-state index in [2.05, 4.69) is 4.99 Å². The van der Waals surface area contributed by atoms with Gasteiger partial charge in [0.2, 0.25) is 0 Å². The molecule has 132 valence electrons. The highest BCUT2D eigenvalue weighted by atomic mass is 19.1. The van der Waals surface area contributed by atoms with Crippen molar-refractivity contribution in [1.29, 1.82) is 0 Å². The summed E-state index contributed by atoms with van der Waals surface area (Å²) in [4.78, 5) is 17.3. The van der Waals surface area contributed by atoms with Crippen LogP contribution in [0.5, 0.6) is 0 Å². The van der Waals surface area contributed by atoms with E-state index in [1.807, 2.05) is 31.2 Å². The Morgan fingerprint density at radius 3 is 2.60 bits per heavy atom. The van der Waals surface area contributed by atoms with Gasteiger partial charge in [-0.2, -0.15) is 4.99 Å². The highest BCUT2D eigenvalue weighted by Crippen LogP contribution is 2.34. The third-order valence-electron chi connectivity index (χ3n) is 4.26. The van der Waals surface area contributed by atoms with Crippen molar-refractivity contribution < 1.29 is 9.18 Å². The number of amides is 2. The third kappa shape index (κ3) is 3.63. The van der Waals surface area contributed by atoms with Crippen molar-refractivity contribution in [2.75, 3.05) is 6.54 Å². The van der Waals surface area contributed by atoms with Crippen LogP contribution in [0.25, 0.3) is 11.1 Å². The van der Waals surface area contributed by atoms with Gasteiger partial charge in [0, 0.05) is 18.7 Å². The molecule has 0 spiro atoms. The molecule has 25 heavy (non-hydrogen) atoms. The van der Waals surface area contributed by atoms with Gasteiger partial charge in [0.1, 0.15) is 5.82 Å². The Bertz CT molecular complexity index is 808. The number of carbonyl (C=O) groups excluding carboxylic acids is 1. The van der Waals surface area contributed by atoms with E-state index in [0.29, 0.717) is 25.1 Å². The van der Waals surface area contributed by atoms with E-state index in [0.717, 1.165) is 22.3 Å². The van der Waals surface area contributed by atoms with Crippen LogP contribution in [-0.2, 0) is 13.0 Å². The SMILES string of the molecule is C.Cc1cccc(F)c1-c1cccc2c1CN(C(=O)N=C(N)N)CC2. The molecule has 0 fully saturated rings. The lowest BCUT2D eigenvalue weighted by Gasteiger charge is -2.29. The number of nitrogens with zero attached hydrogens (tertiary/aromatic N) is 2. The maximum Gasteiger partial charge on any atom is 0.347 e. The molecule has 1 aliphatic rings. The molecule has 4 N–H and O–H groups in total. The Hall–Kier alpha value is -2.89. The zero-order valence-electron chi connectivity index (χ0n) is 13.4. The molecule has 2 aromatic rings. The largest absolute Gasteiger partial charge is 0.370 e. The Balaban J connectivity index is 0.00000225. The summed E-state index contributed by atoms with van der Waals surface area (Å²) in [6.07, 6.45) is 0.683. The second-order valence-electron chi connectivity index (χ2n) is 5.87. The number of aryl methyl sites for hydroxylation is 1. The molecule has 0 saturated carbocycles. The summed E-state index contributed by atoms with van der Waals surface area (Å²) in [5, 5.41) is 0. The van der Waals surface area contributed by atoms with Crippen molar-refractivity contribution >= 4 is 12.0 Å². The molecule has 6 heteroatoms. The summed E-state index contributed by atoms with van der Waals surface area (Å²) in [7, 11) is 0. The summed E-state index contributed by atoms with van der Waals surface area (Å²) >= 11 is 0. The van der Waals surface area contributed by atoms with Crippen LogP contribution in [-0.4, -0.2) is 23.4 Å². The topological polar surface area (TPSA) is 84.7 Å². The Morgan fingerprint density at radius 2 is 1.92 bits per heavy atom. The predicted octanol–water partition coefficient (Wildman–Crippen LogP) is 3.19. The maximum atomic E-state index is 14.4. The van der Waals surface area contributed by atoms with Gasteiger partial charge in [0.05, 0.1) is 0 Å². The van der Waals surface area contributed by atoms with Crippen LogP contribution in [0.2, 0.25) is 0 Å². The molecule has 0 atom stereocenters. The van der Waals surface area contributed by atoms with Gasteiger partial charge in [-0.15, -0.1) is 0 Å². The minimum atomic E-state index is -0.472. The van der Waals surface area contributed by atoms with Crippen LogP contribution in [0.15, 0.2) is 41.4 Å². The molecular weight excluding hydrogens is 319 g/mol. The molecule has 2 aromatic carbocycles. The number of urea groups is 1. The van der Waals surface area contributed by atoms with Crippen molar-refractivity contribution in [3.05, 3.63) is 58.9 Å². The fourth-order valence-corrected chi connectivity index (χ4v) is 3.13. The number of aliphatic imine (C=N–C) groups is 1. The van der Waals surface area contributed by atoms with Crippen LogP contribution < -0.4 is 11.5 Å². The molecule has 0 aromatic heterocycles. The number of rotatable bonds is 1. The minimum Gasteiger partial charge on any atom is -0.370 e. The molecule has 1 aliphatic heterocycles. The highest BCUT2D eigenvalue weighted by molar-refractivity contribution is 5.90. The van der Waals surface area contributed by atoms with Crippen LogP contribution in [0.4, 0.5) is 9.18 Å². The zero-order chi connectivity index (χ0) is 17.3. The Labute approximate surface area is 147 Å². The van der Waals surface area contributed by atoms with Crippen LogP contribution in [0.3, 0.4) is 0 Å². The van der Waals surface area contributed by atoms with Crippen molar-refractivity contribution in [1.82, 2.24) is 4.90 Å². The summed E-state index contributed by atoms with van der Waals surface area (Å²) < 4.78 is 14.4. The number of benzene rings is 2. The van der Waals surface area contributed by atoms with Crippen molar-refractivity contribution in [3.8, 4) is 11.1 Å².